The number of hydrogen-bond donors (Lipinski definition) is 1. The SMILES string of the molecule is CC(C)(C)N1CC(NCc2cccnc2)C1. The maximum Gasteiger partial charge on any atom is 0.0326 e. The topological polar surface area (TPSA) is 28.2 Å². The molecule has 16 heavy (non-hydrogen) atoms. The Kier molecular flexibility index (Phi) is 3.26. The van der Waals surface area contributed by atoms with Gasteiger partial charge in [0, 0.05) is 43.6 Å². The molecule has 1 aromatic heterocycles. The highest BCUT2D eigenvalue weighted by Crippen LogP contribution is 2.20. The molecule has 0 unspecified atom stereocenters. The Hall–Kier alpha value is -0.930. The predicted octanol–water partition coefficient (Wildman–Crippen LogP) is 1.65. The first-order valence-electron chi connectivity index (χ1n) is 5.93. The van der Waals surface area contributed by atoms with Crippen LogP contribution in [0.4, 0.5) is 0 Å². The summed E-state index contributed by atoms with van der Waals surface area (Å²) in [6, 6.07) is 4.74. The van der Waals surface area contributed by atoms with Crippen LogP contribution in [0.3, 0.4) is 0 Å². The van der Waals surface area contributed by atoms with Crippen LogP contribution in [0.2, 0.25) is 0 Å². The van der Waals surface area contributed by atoms with E-state index < -0.39 is 0 Å². The molecule has 3 heteroatoms. The van der Waals surface area contributed by atoms with E-state index in [0.717, 1.165) is 19.6 Å². The van der Waals surface area contributed by atoms with Gasteiger partial charge in [-0.2, -0.15) is 0 Å². The molecule has 1 saturated heterocycles. The standard InChI is InChI=1S/C13H21N3/c1-13(2,3)16-9-12(10-16)15-8-11-5-4-6-14-7-11/h4-7,12,15H,8-10H2,1-3H3. The molecule has 88 valence electrons. The number of aromatic nitrogens is 1. The van der Waals surface area contributed by atoms with Gasteiger partial charge < -0.3 is 5.32 Å². The third-order valence-electron chi connectivity index (χ3n) is 3.15. The predicted molar refractivity (Wildman–Crippen MR) is 66.2 cm³/mol. The first-order chi connectivity index (χ1) is 7.55. The van der Waals surface area contributed by atoms with Crippen LogP contribution in [0.1, 0.15) is 26.3 Å². The number of nitrogens with zero attached hydrogens (tertiary/aromatic N) is 2. The van der Waals surface area contributed by atoms with Crippen molar-refractivity contribution in [1.29, 1.82) is 0 Å². The molecule has 0 amide bonds. The third-order valence-corrected chi connectivity index (χ3v) is 3.15. The Balaban J connectivity index is 1.71. The number of nitrogens with one attached hydrogen (secondary N) is 1. The van der Waals surface area contributed by atoms with Gasteiger partial charge in [-0.25, -0.2) is 0 Å². The van der Waals surface area contributed by atoms with Gasteiger partial charge in [0.25, 0.3) is 0 Å². The molecule has 1 aromatic rings. The molecule has 3 nitrogen and oxygen atoms in total. The van der Waals surface area contributed by atoms with Gasteiger partial charge in [-0.15, -0.1) is 0 Å². The average Bonchev–Trinajstić information content (AvgIpc) is 2.15. The summed E-state index contributed by atoms with van der Waals surface area (Å²) in [4.78, 5) is 6.60. The Bertz CT molecular complexity index is 323. The van der Waals surface area contributed by atoms with E-state index in [9.17, 15) is 0 Å². The molecule has 0 saturated carbocycles. The van der Waals surface area contributed by atoms with E-state index in [1.54, 1.807) is 0 Å². The molecule has 2 rings (SSSR count). The van der Waals surface area contributed by atoms with Crippen molar-refractivity contribution < 1.29 is 0 Å². The molecule has 0 aliphatic carbocycles. The molecule has 2 heterocycles. The van der Waals surface area contributed by atoms with Crippen LogP contribution in [-0.4, -0.2) is 34.6 Å². The molecule has 1 aliphatic rings. The quantitative estimate of drug-likeness (QED) is 0.838. The zero-order valence-corrected chi connectivity index (χ0v) is 10.4. The number of likely N-dealkylation sites (tertiary alicyclic amines) is 1. The lowest BCUT2D eigenvalue weighted by Gasteiger charge is -2.48. The minimum absolute atomic E-state index is 0.312. The van der Waals surface area contributed by atoms with Crippen molar-refractivity contribution in [2.24, 2.45) is 0 Å². The zero-order chi connectivity index (χ0) is 11.6. The highest BCUT2D eigenvalue weighted by atomic mass is 15.3. The smallest absolute Gasteiger partial charge is 0.0326 e. The summed E-state index contributed by atoms with van der Waals surface area (Å²) < 4.78 is 0. The van der Waals surface area contributed by atoms with Crippen LogP contribution >= 0.6 is 0 Å². The Morgan fingerprint density at radius 3 is 2.75 bits per heavy atom. The Morgan fingerprint density at radius 2 is 2.19 bits per heavy atom. The minimum Gasteiger partial charge on any atom is -0.307 e. The first kappa shape index (κ1) is 11.6. The summed E-state index contributed by atoms with van der Waals surface area (Å²) in [6.07, 6.45) is 3.74. The summed E-state index contributed by atoms with van der Waals surface area (Å²) >= 11 is 0. The second kappa shape index (κ2) is 4.52. The van der Waals surface area contributed by atoms with Crippen molar-refractivity contribution in [2.45, 2.75) is 38.9 Å². The maximum atomic E-state index is 4.11. The van der Waals surface area contributed by atoms with Crippen LogP contribution in [0.25, 0.3) is 0 Å². The summed E-state index contributed by atoms with van der Waals surface area (Å²) in [5.41, 5.74) is 1.57. The molecular formula is C13H21N3. The fourth-order valence-corrected chi connectivity index (χ4v) is 1.92. The van der Waals surface area contributed by atoms with E-state index in [1.807, 2.05) is 18.5 Å². The molecule has 0 spiro atoms. The van der Waals surface area contributed by atoms with Crippen LogP contribution < -0.4 is 5.32 Å². The van der Waals surface area contributed by atoms with Gasteiger partial charge in [0.2, 0.25) is 0 Å². The van der Waals surface area contributed by atoms with Crippen LogP contribution in [0.15, 0.2) is 24.5 Å². The van der Waals surface area contributed by atoms with Crippen LogP contribution in [-0.2, 0) is 6.54 Å². The van der Waals surface area contributed by atoms with E-state index in [4.69, 9.17) is 0 Å². The lowest BCUT2D eigenvalue weighted by molar-refractivity contribution is 0.0344. The number of rotatable bonds is 3. The van der Waals surface area contributed by atoms with Crippen molar-refractivity contribution in [3.05, 3.63) is 30.1 Å². The summed E-state index contributed by atoms with van der Waals surface area (Å²) in [7, 11) is 0. The molecule has 1 N–H and O–H groups in total. The molecular weight excluding hydrogens is 198 g/mol. The van der Waals surface area contributed by atoms with Gasteiger partial charge in [-0.3, -0.25) is 9.88 Å². The average molecular weight is 219 g/mol. The van der Waals surface area contributed by atoms with Crippen molar-refractivity contribution in [3.8, 4) is 0 Å². The van der Waals surface area contributed by atoms with E-state index in [1.165, 1.54) is 5.56 Å². The fraction of sp³-hybridized carbons (Fsp3) is 0.615. The number of pyridine rings is 1. The van der Waals surface area contributed by atoms with Crippen molar-refractivity contribution in [3.63, 3.8) is 0 Å². The molecule has 1 aliphatic heterocycles. The highest BCUT2D eigenvalue weighted by molar-refractivity contribution is 5.08. The third kappa shape index (κ3) is 2.80. The van der Waals surface area contributed by atoms with Gasteiger partial charge in [0.05, 0.1) is 0 Å². The first-order valence-corrected chi connectivity index (χ1v) is 5.93. The van der Waals surface area contributed by atoms with Gasteiger partial charge >= 0.3 is 0 Å². The van der Waals surface area contributed by atoms with Crippen LogP contribution in [0.5, 0.6) is 0 Å². The fourth-order valence-electron chi connectivity index (χ4n) is 1.92. The van der Waals surface area contributed by atoms with Crippen LogP contribution in [0, 0.1) is 0 Å². The maximum absolute atomic E-state index is 4.11. The zero-order valence-electron chi connectivity index (χ0n) is 10.4. The summed E-state index contributed by atoms with van der Waals surface area (Å²) in [5, 5.41) is 3.56. The normalized spacial score (nSPS) is 18.4. The summed E-state index contributed by atoms with van der Waals surface area (Å²) in [6.45, 7) is 10.0. The second-order valence-electron chi connectivity index (χ2n) is 5.51. The van der Waals surface area contributed by atoms with E-state index >= 15 is 0 Å². The molecule has 0 aromatic carbocycles. The van der Waals surface area contributed by atoms with Crippen molar-refractivity contribution in [1.82, 2.24) is 15.2 Å². The minimum atomic E-state index is 0.312. The van der Waals surface area contributed by atoms with Crippen molar-refractivity contribution in [2.75, 3.05) is 13.1 Å². The Morgan fingerprint density at radius 1 is 1.44 bits per heavy atom. The highest BCUT2D eigenvalue weighted by Gasteiger charge is 2.33. The lowest BCUT2D eigenvalue weighted by Crippen LogP contribution is -2.63. The summed E-state index contributed by atoms with van der Waals surface area (Å²) in [5.74, 6) is 0. The molecule has 0 bridgehead atoms. The van der Waals surface area contributed by atoms with E-state index in [-0.39, 0.29) is 0 Å². The second-order valence-corrected chi connectivity index (χ2v) is 5.51. The van der Waals surface area contributed by atoms with Gasteiger partial charge in [0.15, 0.2) is 0 Å². The molecule has 1 fully saturated rings. The van der Waals surface area contributed by atoms with Crippen molar-refractivity contribution >= 4 is 0 Å². The van der Waals surface area contributed by atoms with E-state index in [2.05, 4.69) is 42.0 Å². The van der Waals surface area contributed by atoms with E-state index in [0.29, 0.717) is 11.6 Å². The Labute approximate surface area is 97.9 Å². The van der Waals surface area contributed by atoms with Gasteiger partial charge in [-0.1, -0.05) is 6.07 Å². The lowest BCUT2D eigenvalue weighted by atomic mass is 9.97. The van der Waals surface area contributed by atoms with Gasteiger partial charge in [-0.05, 0) is 32.4 Å². The molecule has 0 radical (unpaired) electrons. The van der Waals surface area contributed by atoms with Gasteiger partial charge in [0.1, 0.15) is 0 Å². The molecule has 0 atom stereocenters. The number of hydrogen-bond acceptors (Lipinski definition) is 3. The largest absolute Gasteiger partial charge is 0.307 e. The monoisotopic (exact) mass is 219 g/mol.